The molecule has 0 fully saturated rings. The number of aliphatic hydroxyl groups is 1. The number of carbonyl (C=O) groups is 1. The number of allylic oxidation sites excluding steroid dienone is 4. The van der Waals surface area contributed by atoms with Gasteiger partial charge in [0, 0.05) is 0 Å². The van der Waals surface area contributed by atoms with Gasteiger partial charge in [-0.15, -0.1) is 0 Å². The van der Waals surface area contributed by atoms with E-state index in [0.717, 1.165) is 0 Å². The number of aliphatic hydroxyl groups excluding tert-OH is 1. The standard InChI is InChI=1S/C10H15NO3.2C2H6/c1-3-8(5-4-7(2)12)6-9(11)10(13)14;2*1-2/h3-5,9,12H,1,6,11H2,2H3,(H,13,14);2*1-2H3/b7-4+,8-5+;;. The number of hydrogen-bond acceptors (Lipinski definition) is 3. The van der Waals surface area contributed by atoms with Crippen LogP contribution < -0.4 is 5.73 Å². The van der Waals surface area contributed by atoms with Crippen LogP contribution in [-0.2, 0) is 4.79 Å². The number of aliphatic carboxylic acids is 1. The first-order valence-electron chi connectivity index (χ1n) is 6.14. The summed E-state index contributed by atoms with van der Waals surface area (Å²) in [5, 5.41) is 17.4. The lowest BCUT2D eigenvalue weighted by Gasteiger charge is -2.05. The summed E-state index contributed by atoms with van der Waals surface area (Å²) in [6.07, 6.45) is 4.77. The Kier molecular flexibility index (Phi) is 18.6. The van der Waals surface area contributed by atoms with Crippen LogP contribution in [0.5, 0.6) is 0 Å². The molecule has 1 atom stereocenters. The molecule has 0 aliphatic heterocycles. The highest BCUT2D eigenvalue weighted by molar-refractivity contribution is 5.73. The molecule has 0 saturated carbocycles. The zero-order valence-electron chi connectivity index (χ0n) is 12.1. The van der Waals surface area contributed by atoms with Crippen LogP contribution in [0, 0.1) is 0 Å². The Bertz CT molecular complexity index is 277. The highest BCUT2D eigenvalue weighted by Crippen LogP contribution is 2.06. The van der Waals surface area contributed by atoms with Gasteiger partial charge in [0.25, 0.3) is 0 Å². The Morgan fingerprint density at radius 1 is 1.22 bits per heavy atom. The quantitative estimate of drug-likeness (QED) is 0.520. The van der Waals surface area contributed by atoms with E-state index < -0.39 is 12.0 Å². The van der Waals surface area contributed by atoms with Gasteiger partial charge in [0.05, 0.1) is 5.76 Å². The first-order chi connectivity index (χ1) is 8.47. The second kappa shape index (κ2) is 15.4. The van der Waals surface area contributed by atoms with Crippen molar-refractivity contribution in [2.45, 2.75) is 47.1 Å². The van der Waals surface area contributed by atoms with Crippen molar-refractivity contribution in [3.63, 3.8) is 0 Å². The second-order valence-electron chi connectivity index (χ2n) is 2.90. The molecule has 0 spiro atoms. The molecule has 4 heteroatoms. The molecule has 0 aliphatic carbocycles. The van der Waals surface area contributed by atoms with Gasteiger partial charge in [0.15, 0.2) is 0 Å². The van der Waals surface area contributed by atoms with Crippen LogP contribution in [0.2, 0.25) is 0 Å². The van der Waals surface area contributed by atoms with Crippen molar-refractivity contribution in [1.82, 2.24) is 0 Å². The molecule has 0 saturated heterocycles. The van der Waals surface area contributed by atoms with Crippen LogP contribution in [0.3, 0.4) is 0 Å². The molecule has 0 aromatic carbocycles. The number of carboxylic acids is 1. The molecule has 0 heterocycles. The van der Waals surface area contributed by atoms with Crippen molar-refractivity contribution in [3.8, 4) is 0 Å². The van der Waals surface area contributed by atoms with E-state index in [-0.39, 0.29) is 12.2 Å². The molecule has 0 rings (SSSR count). The molecule has 1 unspecified atom stereocenters. The van der Waals surface area contributed by atoms with Crippen molar-refractivity contribution in [1.29, 1.82) is 0 Å². The first-order valence-corrected chi connectivity index (χ1v) is 6.14. The van der Waals surface area contributed by atoms with Gasteiger partial charge in [-0.2, -0.15) is 0 Å². The highest BCUT2D eigenvalue weighted by atomic mass is 16.4. The van der Waals surface area contributed by atoms with Crippen LogP contribution in [0.15, 0.2) is 36.1 Å². The molecule has 106 valence electrons. The maximum atomic E-state index is 10.4. The smallest absolute Gasteiger partial charge is 0.320 e. The van der Waals surface area contributed by atoms with Crippen molar-refractivity contribution in [2.24, 2.45) is 5.73 Å². The fourth-order valence-corrected chi connectivity index (χ4v) is 0.788. The summed E-state index contributed by atoms with van der Waals surface area (Å²) >= 11 is 0. The van der Waals surface area contributed by atoms with E-state index >= 15 is 0 Å². The van der Waals surface area contributed by atoms with Gasteiger partial charge < -0.3 is 15.9 Å². The van der Waals surface area contributed by atoms with Crippen LogP contribution in [-0.4, -0.2) is 22.2 Å². The summed E-state index contributed by atoms with van der Waals surface area (Å²) < 4.78 is 0. The van der Waals surface area contributed by atoms with Crippen molar-refractivity contribution >= 4 is 5.97 Å². The molecule has 4 nitrogen and oxygen atoms in total. The van der Waals surface area contributed by atoms with Gasteiger partial charge in [-0.3, -0.25) is 4.79 Å². The van der Waals surface area contributed by atoms with E-state index in [9.17, 15) is 4.79 Å². The van der Waals surface area contributed by atoms with E-state index in [0.29, 0.717) is 5.57 Å². The topological polar surface area (TPSA) is 83.5 Å². The molecular weight excluding hydrogens is 230 g/mol. The molecule has 0 aliphatic rings. The third-order valence-corrected chi connectivity index (χ3v) is 1.57. The van der Waals surface area contributed by atoms with Crippen molar-refractivity contribution in [3.05, 3.63) is 36.1 Å². The Balaban J connectivity index is -0.000000506. The fourth-order valence-electron chi connectivity index (χ4n) is 0.788. The predicted octanol–water partition coefficient (Wildman–Crippen LogP) is 3.42. The summed E-state index contributed by atoms with van der Waals surface area (Å²) in [6, 6.07) is -0.938. The zero-order valence-corrected chi connectivity index (χ0v) is 12.1. The van der Waals surface area contributed by atoms with Gasteiger partial charge in [-0.1, -0.05) is 46.4 Å². The molecule has 0 aromatic rings. The zero-order chi connectivity index (χ0) is 15.1. The molecule has 0 amide bonds. The summed E-state index contributed by atoms with van der Waals surface area (Å²) in [6.45, 7) is 13.0. The van der Waals surface area contributed by atoms with Crippen LogP contribution in [0.4, 0.5) is 0 Å². The van der Waals surface area contributed by atoms with Gasteiger partial charge in [0.2, 0.25) is 0 Å². The maximum Gasteiger partial charge on any atom is 0.320 e. The van der Waals surface area contributed by atoms with Crippen LogP contribution in [0.1, 0.15) is 41.0 Å². The molecule has 0 aromatic heterocycles. The second-order valence-corrected chi connectivity index (χ2v) is 2.90. The van der Waals surface area contributed by atoms with E-state index in [2.05, 4.69) is 6.58 Å². The predicted molar refractivity (Wildman–Crippen MR) is 77.6 cm³/mol. The molecular formula is C14H27NO3. The summed E-state index contributed by atoms with van der Waals surface area (Å²) in [5.41, 5.74) is 6.00. The average Bonchev–Trinajstić information content (AvgIpc) is 2.38. The maximum absolute atomic E-state index is 10.4. The van der Waals surface area contributed by atoms with E-state index in [1.165, 1.54) is 19.1 Å². The molecule has 4 N–H and O–H groups in total. The van der Waals surface area contributed by atoms with Gasteiger partial charge >= 0.3 is 5.97 Å². The Hall–Kier alpha value is -1.55. The third-order valence-electron chi connectivity index (χ3n) is 1.57. The Morgan fingerprint density at radius 3 is 1.94 bits per heavy atom. The largest absolute Gasteiger partial charge is 0.513 e. The van der Waals surface area contributed by atoms with Crippen molar-refractivity contribution in [2.75, 3.05) is 0 Å². The minimum atomic E-state index is -1.05. The lowest BCUT2D eigenvalue weighted by molar-refractivity contribution is -0.138. The first kappa shape index (κ1) is 21.7. The Morgan fingerprint density at radius 2 is 1.67 bits per heavy atom. The van der Waals surface area contributed by atoms with Crippen LogP contribution in [0.25, 0.3) is 0 Å². The highest BCUT2D eigenvalue weighted by Gasteiger charge is 2.11. The van der Waals surface area contributed by atoms with Crippen LogP contribution >= 0.6 is 0 Å². The minimum absolute atomic E-state index is 0.147. The van der Waals surface area contributed by atoms with Crippen molar-refractivity contribution < 1.29 is 15.0 Å². The SMILES string of the molecule is C=C/C(=C\C=C(/C)O)CC(N)C(=O)O.CC.CC. The lowest BCUT2D eigenvalue weighted by atomic mass is 10.1. The summed E-state index contributed by atoms with van der Waals surface area (Å²) in [7, 11) is 0. The number of hydrogen-bond donors (Lipinski definition) is 3. The van der Waals surface area contributed by atoms with E-state index in [1.54, 1.807) is 6.08 Å². The average molecular weight is 257 g/mol. The normalized spacial score (nSPS) is 12.3. The number of rotatable bonds is 5. The van der Waals surface area contributed by atoms with Gasteiger partial charge in [0.1, 0.15) is 6.04 Å². The summed E-state index contributed by atoms with van der Waals surface area (Å²) in [4.78, 5) is 10.4. The monoisotopic (exact) mass is 257 g/mol. The molecule has 18 heavy (non-hydrogen) atoms. The Labute approximate surface area is 111 Å². The summed E-state index contributed by atoms with van der Waals surface area (Å²) in [5.74, 6) is -0.907. The minimum Gasteiger partial charge on any atom is -0.513 e. The molecule has 0 bridgehead atoms. The van der Waals surface area contributed by atoms with Gasteiger partial charge in [-0.25, -0.2) is 0 Å². The van der Waals surface area contributed by atoms with E-state index in [1.807, 2.05) is 27.7 Å². The molecule has 0 radical (unpaired) electrons. The third kappa shape index (κ3) is 14.5. The fraction of sp³-hybridized carbons (Fsp3) is 0.500. The van der Waals surface area contributed by atoms with E-state index in [4.69, 9.17) is 15.9 Å². The number of carboxylic acid groups (broad SMARTS) is 1. The number of nitrogens with two attached hydrogens (primary N) is 1. The van der Waals surface area contributed by atoms with Gasteiger partial charge in [-0.05, 0) is 25.0 Å². The lowest BCUT2D eigenvalue weighted by Crippen LogP contribution is -2.30.